The van der Waals surface area contributed by atoms with Gasteiger partial charge in [0.05, 0.1) is 61.5 Å². The predicted octanol–water partition coefficient (Wildman–Crippen LogP) is 3.62. The van der Waals surface area contributed by atoms with Crippen molar-refractivity contribution in [3.63, 3.8) is 0 Å². The number of anilines is 1. The van der Waals surface area contributed by atoms with E-state index in [1.807, 2.05) is 67.6 Å². The first kappa shape index (κ1) is 40.2. The third kappa shape index (κ3) is 6.15. The Morgan fingerprint density at radius 3 is 2.31 bits per heavy atom. The number of amides is 2. The fraction of sp³-hybridized carbons (Fsp3) is 0.304. The van der Waals surface area contributed by atoms with Crippen molar-refractivity contribution in [1.82, 2.24) is 28.5 Å². The molecule has 1 aliphatic carbocycles. The number of imide groups is 1. The molecule has 0 bridgehead atoms. The number of aliphatic hydroxyl groups is 1. The molecule has 16 heteroatoms. The highest BCUT2D eigenvalue weighted by molar-refractivity contribution is 6.12. The molecule has 1 saturated heterocycles. The lowest BCUT2D eigenvalue weighted by Gasteiger charge is -2.49. The van der Waals surface area contributed by atoms with E-state index < -0.39 is 52.0 Å². The molecule has 9 rings (SSSR count). The maximum atomic E-state index is 15.5. The summed E-state index contributed by atoms with van der Waals surface area (Å²) >= 11 is 0. The maximum Gasteiger partial charge on any atom is 0.347 e. The van der Waals surface area contributed by atoms with Crippen LogP contribution in [0.2, 0.25) is 0 Å². The average molecular weight is 840 g/mol. The largest absolute Gasteiger partial charge is 0.493 e. The first-order valence-corrected chi connectivity index (χ1v) is 20.4. The Bertz CT molecular complexity index is 2970. The average Bonchev–Trinajstić information content (AvgIpc) is 3.66. The molecule has 2 fully saturated rings. The number of hydrazine groups is 1. The number of rotatable bonds is 12. The third-order valence-corrected chi connectivity index (χ3v) is 12.5. The summed E-state index contributed by atoms with van der Waals surface area (Å²) in [7, 11) is 4.61. The van der Waals surface area contributed by atoms with Crippen molar-refractivity contribution >= 4 is 28.5 Å². The van der Waals surface area contributed by atoms with Gasteiger partial charge in [0.25, 0.3) is 17.4 Å². The highest BCUT2D eigenvalue weighted by Crippen LogP contribution is 2.62. The zero-order valence-electron chi connectivity index (χ0n) is 34.6. The Balaban J connectivity index is 1.17. The van der Waals surface area contributed by atoms with Gasteiger partial charge in [-0.3, -0.25) is 19.8 Å². The molecule has 1 saturated carbocycles. The van der Waals surface area contributed by atoms with Gasteiger partial charge < -0.3 is 23.9 Å². The number of hydrogen-bond acceptors (Lipinski definition) is 11. The van der Waals surface area contributed by atoms with Gasteiger partial charge in [0.1, 0.15) is 18.1 Å². The number of allylic oxidation sites excluding steroid dienone is 2. The molecule has 0 spiro atoms. The summed E-state index contributed by atoms with van der Waals surface area (Å²) in [4.78, 5) is 77.7. The number of carbonyl (C=O) groups is 2. The van der Waals surface area contributed by atoms with Gasteiger partial charge in [0, 0.05) is 43.6 Å². The van der Waals surface area contributed by atoms with E-state index in [-0.39, 0.29) is 44.8 Å². The van der Waals surface area contributed by atoms with Crippen LogP contribution in [0, 0.1) is 12.8 Å². The summed E-state index contributed by atoms with van der Waals surface area (Å²) in [6, 6.07) is 26.2. The number of aryl methyl sites for hydroxylation is 3. The van der Waals surface area contributed by atoms with Crippen molar-refractivity contribution in [2.45, 2.75) is 50.2 Å². The number of aliphatic hydroxyl groups excluding tert-OH is 1. The van der Waals surface area contributed by atoms with Gasteiger partial charge in [-0.15, -0.1) is 0 Å². The van der Waals surface area contributed by atoms with Crippen molar-refractivity contribution in [1.29, 1.82) is 0 Å². The van der Waals surface area contributed by atoms with Crippen LogP contribution in [-0.2, 0) is 41.6 Å². The molecule has 2 amide bonds. The molecule has 16 nitrogen and oxygen atoms in total. The van der Waals surface area contributed by atoms with Gasteiger partial charge in [-0.2, -0.15) is 5.01 Å². The van der Waals surface area contributed by atoms with Crippen molar-refractivity contribution < 1.29 is 28.9 Å². The van der Waals surface area contributed by atoms with E-state index in [0.717, 1.165) is 15.1 Å². The van der Waals surface area contributed by atoms with Gasteiger partial charge in [-0.25, -0.2) is 28.5 Å². The molecule has 0 radical (unpaired) electrons. The zero-order valence-corrected chi connectivity index (χ0v) is 34.6. The van der Waals surface area contributed by atoms with E-state index in [0.29, 0.717) is 50.7 Å². The maximum absolute atomic E-state index is 15.5. The summed E-state index contributed by atoms with van der Waals surface area (Å²) in [6.07, 6.45) is 1.85. The van der Waals surface area contributed by atoms with Crippen LogP contribution in [0.1, 0.15) is 40.8 Å². The fourth-order valence-electron chi connectivity index (χ4n) is 9.69. The second kappa shape index (κ2) is 15.7. The van der Waals surface area contributed by atoms with Crippen LogP contribution in [0.3, 0.4) is 0 Å². The Labute approximate surface area is 354 Å². The monoisotopic (exact) mass is 839 g/mol. The van der Waals surface area contributed by atoms with Crippen molar-refractivity contribution in [2.24, 2.45) is 13.0 Å². The summed E-state index contributed by atoms with van der Waals surface area (Å²) in [5, 5.41) is 10.9. The van der Waals surface area contributed by atoms with Crippen molar-refractivity contribution in [3.05, 3.63) is 156 Å². The molecular weight excluding hydrogens is 795 g/mol. The second-order valence-electron chi connectivity index (χ2n) is 15.8. The Morgan fingerprint density at radius 2 is 1.58 bits per heavy atom. The van der Waals surface area contributed by atoms with E-state index in [1.54, 1.807) is 43.4 Å². The van der Waals surface area contributed by atoms with E-state index >= 15 is 9.59 Å². The van der Waals surface area contributed by atoms with Crippen LogP contribution in [-0.4, -0.2) is 72.8 Å². The van der Waals surface area contributed by atoms with Crippen LogP contribution >= 0.6 is 0 Å². The fourth-order valence-corrected chi connectivity index (χ4v) is 9.69. The lowest BCUT2D eigenvalue weighted by atomic mass is 9.53. The molecule has 4 heterocycles. The first-order chi connectivity index (χ1) is 30.0. The Morgan fingerprint density at radius 1 is 0.871 bits per heavy atom. The van der Waals surface area contributed by atoms with Crippen LogP contribution in [0.15, 0.2) is 117 Å². The minimum Gasteiger partial charge on any atom is -0.493 e. The number of ether oxygens (including phenoxy) is 3. The minimum absolute atomic E-state index is 0.00890. The molecule has 2 N–H and O–H groups in total. The van der Waals surface area contributed by atoms with Gasteiger partial charge >= 0.3 is 11.4 Å². The number of fused-ring (bicyclic) bond motifs is 5. The van der Waals surface area contributed by atoms with Crippen molar-refractivity contribution in [2.75, 3.05) is 32.9 Å². The van der Waals surface area contributed by atoms with E-state index in [2.05, 4.69) is 10.4 Å². The second-order valence-corrected chi connectivity index (χ2v) is 15.8. The topological polar surface area (TPSA) is 181 Å². The number of benzene rings is 4. The molecule has 2 aliphatic heterocycles. The molecule has 3 aliphatic rings. The number of carbonyl (C=O) groups excluding carboxylic acids is 2. The summed E-state index contributed by atoms with van der Waals surface area (Å²) < 4.78 is 22.3. The lowest BCUT2D eigenvalue weighted by Crippen LogP contribution is -2.53. The van der Waals surface area contributed by atoms with E-state index in [4.69, 9.17) is 14.2 Å². The molecule has 4 aromatic carbocycles. The smallest absolute Gasteiger partial charge is 0.347 e. The zero-order chi connectivity index (χ0) is 43.4. The number of hydrogen-bond donors (Lipinski definition) is 2. The SMILES string of the molecule is COc1cc2nc(CCn3c(=O)n4n(c3=O)C3CC5C(=O)N(Nc6ccc(C)cc6)C(=O)C5(c5ccccc5)C(c5ccccc5OCCO)C3=CC4)c(=O)n(C)c2cc1OC. The third-order valence-electron chi connectivity index (χ3n) is 12.5. The summed E-state index contributed by atoms with van der Waals surface area (Å²) in [5.74, 6) is -1.60. The van der Waals surface area contributed by atoms with Gasteiger partial charge in [0.15, 0.2) is 11.5 Å². The van der Waals surface area contributed by atoms with Crippen LogP contribution in [0.25, 0.3) is 11.0 Å². The molecule has 4 unspecified atom stereocenters. The van der Waals surface area contributed by atoms with Crippen molar-refractivity contribution in [3.8, 4) is 17.2 Å². The van der Waals surface area contributed by atoms with Crippen LogP contribution in [0.4, 0.5) is 5.69 Å². The van der Waals surface area contributed by atoms with Gasteiger partial charge in [0.2, 0.25) is 0 Å². The van der Waals surface area contributed by atoms with Gasteiger partial charge in [-0.05, 0) is 42.7 Å². The Kier molecular flexibility index (Phi) is 10.2. The summed E-state index contributed by atoms with van der Waals surface area (Å²) in [6.45, 7) is 1.49. The standard InChI is InChI=1S/C46H45N7O9/c1-27-14-16-29(17-15-27)48-52-41(55)32-24-35-30(40(31-12-8-9-13-37(31)62-23-22-54)46(32,43(52)57)28-10-6-5-7-11-28)18-21-51-44(58)50(45(59)53(35)51)20-19-33-42(56)49(2)36-26-39(61-4)38(60-3)25-34(36)47-33/h5-18,25-26,32,35,40,48,54H,19-24H2,1-4H3. The number of nitrogens with zero attached hydrogens (tertiary/aromatic N) is 6. The highest BCUT2D eigenvalue weighted by Gasteiger charge is 2.69. The van der Waals surface area contributed by atoms with E-state index in [9.17, 15) is 19.5 Å². The lowest BCUT2D eigenvalue weighted by molar-refractivity contribution is -0.138. The number of methoxy groups -OCH3 is 2. The first-order valence-electron chi connectivity index (χ1n) is 20.4. The quantitative estimate of drug-likeness (QED) is 0.136. The highest BCUT2D eigenvalue weighted by atomic mass is 16.5. The summed E-state index contributed by atoms with van der Waals surface area (Å²) in [5.41, 5.74) is 4.48. The van der Waals surface area contributed by atoms with Crippen LogP contribution in [0.5, 0.6) is 17.2 Å². The molecule has 318 valence electrons. The minimum atomic E-state index is -1.53. The van der Waals surface area contributed by atoms with E-state index in [1.165, 1.54) is 28.2 Å². The molecule has 6 aromatic rings. The molecule has 62 heavy (non-hydrogen) atoms. The molecule has 2 aromatic heterocycles. The molecule has 4 atom stereocenters. The van der Waals surface area contributed by atoms with Crippen LogP contribution < -0.4 is 36.6 Å². The normalized spacial score (nSPS) is 20.4. The van der Waals surface area contributed by atoms with Gasteiger partial charge in [-0.1, -0.05) is 72.3 Å². The Hall–Kier alpha value is -7.20. The predicted molar refractivity (Wildman–Crippen MR) is 229 cm³/mol. The number of aromatic nitrogens is 5. The molecular formula is C46H45N7O9. The number of nitrogens with one attached hydrogen (secondary N) is 1. The number of para-hydroxylation sites is 1.